The molecule has 0 saturated heterocycles. The van der Waals surface area contributed by atoms with Crippen LogP contribution in [-0.2, 0) is 9.05 Å². The van der Waals surface area contributed by atoms with Crippen LogP contribution >= 0.6 is 22.3 Å². The van der Waals surface area contributed by atoms with Crippen molar-refractivity contribution in [3.8, 4) is 0 Å². The van der Waals surface area contributed by atoms with Gasteiger partial charge in [-0.3, -0.25) is 0 Å². The molecule has 0 radical (unpaired) electrons. The van der Waals surface area contributed by atoms with Gasteiger partial charge in [0.15, 0.2) is 5.03 Å². The standard InChI is InChI=1S/C6H8Cl2N2O2S/c1-4(2)10-6(13(8,11)12)5(7)3-9-10/h3-4H,1-2H3. The molecule has 0 amide bonds. The van der Waals surface area contributed by atoms with Gasteiger partial charge in [0.2, 0.25) is 0 Å². The molecule has 74 valence electrons. The molecule has 4 nitrogen and oxygen atoms in total. The van der Waals surface area contributed by atoms with Crippen molar-refractivity contribution in [3.05, 3.63) is 11.2 Å². The zero-order chi connectivity index (χ0) is 10.2. The third-order valence-corrected chi connectivity index (χ3v) is 3.12. The highest BCUT2D eigenvalue weighted by Gasteiger charge is 2.22. The second-order valence-corrected chi connectivity index (χ2v) is 5.66. The van der Waals surface area contributed by atoms with Gasteiger partial charge < -0.3 is 0 Å². The van der Waals surface area contributed by atoms with Gasteiger partial charge in [-0.25, -0.2) is 13.1 Å². The van der Waals surface area contributed by atoms with E-state index in [4.69, 9.17) is 22.3 Å². The molecule has 1 heterocycles. The lowest BCUT2D eigenvalue weighted by molar-refractivity contribution is 0.482. The predicted molar refractivity (Wildman–Crippen MR) is 50.7 cm³/mol. The number of hydrogen-bond acceptors (Lipinski definition) is 3. The molecule has 0 aliphatic heterocycles. The molecule has 1 aromatic heterocycles. The average molecular weight is 243 g/mol. The Balaban J connectivity index is 3.42. The van der Waals surface area contributed by atoms with Gasteiger partial charge in [0.25, 0.3) is 9.05 Å². The number of aromatic nitrogens is 2. The van der Waals surface area contributed by atoms with Crippen molar-refractivity contribution in [2.75, 3.05) is 0 Å². The van der Waals surface area contributed by atoms with E-state index in [0.717, 1.165) is 0 Å². The third kappa shape index (κ3) is 2.15. The van der Waals surface area contributed by atoms with Gasteiger partial charge in [-0.1, -0.05) is 11.6 Å². The minimum absolute atomic E-state index is 0.0451. The van der Waals surface area contributed by atoms with Crippen LogP contribution in [0.1, 0.15) is 19.9 Å². The molecule has 0 fully saturated rings. The Bertz CT molecular complexity index is 410. The van der Waals surface area contributed by atoms with Crippen molar-refractivity contribution in [1.82, 2.24) is 9.78 Å². The van der Waals surface area contributed by atoms with Crippen LogP contribution in [0.5, 0.6) is 0 Å². The largest absolute Gasteiger partial charge is 0.279 e. The summed E-state index contributed by atoms with van der Waals surface area (Å²) in [5.41, 5.74) is 0. The van der Waals surface area contributed by atoms with E-state index in [1.54, 1.807) is 13.8 Å². The smallest absolute Gasteiger partial charge is 0.249 e. The second-order valence-electron chi connectivity index (χ2n) is 2.77. The molecule has 0 unspecified atom stereocenters. The number of nitrogens with zero attached hydrogens (tertiary/aromatic N) is 2. The SMILES string of the molecule is CC(C)n1ncc(Cl)c1S(=O)(=O)Cl. The Morgan fingerprint density at radius 2 is 2.08 bits per heavy atom. The molecule has 1 aromatic rings. The van der Waals surface area contributed by atoms with Crippen LogP contribution in [-0.4, -0.2) is 18.2 Å². The Morgan fingerprint density at radius 1 is 1.54 bits per heavy atom. The summed E-state index contributed by atoms with van der Waals surface area (Å²) >= 11 is 5.63. The minimum Gasteiger partial charge on any atom is -0.249 e. The molecule has 0 aliphatic rings. The molecular weight excluding hydrogens is 235 g/mol. The Morgan fingerprint density at radius 3 is 2.38 bits per heavy atom. The molecule has 7 heteroatoms. The van der Waals surface area contributed by atoms with E-state index in [9.17, 15) is 8.42 Å². The van der Waals surface area contributed by atoms with Crippen molar-refractivity contribution in [1.29, 1.82) is 0 Å². The maximum absolute atomic E-state index is 11.1. The van der Waals surface area contributed by atoms with E-state index < -0.39 is 9.05 Å². The Kier molecular flexibility index (Phi) is 2.89. The topological polar surface area (TPSA) is 52.0 Å². The summed E-state index contributed by atoms with van der Waals surface area (Å²) in [4.78, 5) is 0. The lowest BCUT2D eigenvalue weighted by Gasteiger charge is -2.07. The Hall–Kier alpha value is -0.260. The summed E-state index contributed by atoms with van der Waals surface area (Å²) in [5, 5.41) is 3.70. The summed E-state index contributed by atoms with van der Waals surface area (Å²) in [6.45, 7) is 3.57. The third-order valence-electron chi connectivity index (χ3n) is 1.43. The van der Waals surface area contributed by atoms with Gasteiger partial charge in [0.05, 0.1) is 11.2 Å². The highest BCUT2D eigenvalue weighted by Crippen LogP contribution is 2.26. The first-order chi connectivity index (χ1) is 5.84. The van der Waals surface area contributed by atoms with Gasteiger partial charge in [-0.15, -0.1) is 0 Å². The second kappa shape index (κ2) is 3.48. The number of rotatable bonds is 2. The molecule has 0 bridgehead atoms. The molecule has 0 aromatic carbocycles. The lowest BCUT2D eigenvalue weighted by Crippen LogP contribution is -2.09. The fourth-order valence-corrected chi connectivity index (χ4v) is 2.71. The molecule has 0 N–H and O–H groups in total. The first-order valence-electron chi connectivity index (χ1n) is 3.51. The predicted octanol–water partition coefficient (Wildman–Crippen LogP) is 2.04. The van der Waals surface area contributed by atoms with Gasteiger partial charge in [-0.2, -0.15) is 5.10 Å². The van der Waals surface area contributed by atoms with Crippen molar-refractivity contribution in [3.63, 3.8) is 0 Å². The van der Waals surface area contributed by atoms with Gasteiger partial charge in [-0.05, 0) is 13.8 Å². The molecule has 13 heavy (non-hydrogen) atoms. The van der Waals surface area contributed by atoms with Crippen molar-refractivity contribution in [2.45, 2.75) is 24.9 Å². The maximum atomic E-state index is 11.1. The normalized spacial score (nSPS) is 12.4. The average Bonchev–Trinajstić information content (AvgIpc) is 2.28. The van der Waals surface area contributed by atoms with Crippen LogP contribution in [0.25, 0.3) is 0 Å². The first kappa shape index (κ1) is 10.8. The number of hydrogen-bond donors (Lipinski definition) is 0. The van der Waals surface area contributed by atoms with Crippen LogP contribution in [0.4, 0.5) is 0 Å². The van der Waals surface area contributed by atoms with Crippen molar-refractivity contribution in [2.24, 2.45) is 0 Å². The quantitative estimate of drug-likeness (QED) is 0.747. The minimum atomic E-state index is -3.83. The number of halogens is 2. The monoisotopic (exact) mass is 242 g/mol. The van der Waals surface area contributed by atoms with E-state index >= 15 is 0 Å². The van der Waals surface area contributed by atoms with Gasteiger partial charge >= 0.3 is 0 Å². The van der Waals surface area contributed by atoms with Crippen molar-refractivity contribution >= 4 is 31.3 Å². The first-order valence-corrected chi connectivity index (χ1v) is 6.20. The summed E-state index contributed by atoms with van der Waals surface area (Å²) in [6, 6.07) is -0.101. The molecular formula is C6H8Cl2N2O2S. The summed E-state index contributed by atoms with van der Waals surface area (Å²) in [5.74, 6) is 0. The van der Waals surface area contributed by atoms with Crippen LogP contribution in [0, 0.1) is 0 Å². The maximum Gasteiger partial charge on any atom is 0.279 e. The Labute approximate surface area is 85.9 Å². The lowest BCUT2D eigenvalue weighted by atomic mass is 10.4. The van der Waals surface area contributed by atoms with Crippen molar-refractivity contribution < 1.29 is 8.42 Å². The molecule has 0 saturated carbocycles. The van der Waals surface area contributed by atoms with Gasteiger partial charge in [0, 0.05) is 16.7 Å². The fraction of sp³-hybridized carbons (Fsp3) is 0.500. The van der Waals surface area contributed by atoms with E-state index in [1.165, 1.54) is 10.9 Å². The van der Waals surface area contributed by atoms with E-state index in [0.29, 0.717) is 0 Å². The summed E-state index contributed by atoms with van der Waals surface area (Å²) in [7, 11) is 1.36. The van der Waals surface area contributed by atoms with Crippen LogP contribution < -0.4 is 0 Å². The van der Waals surface area contributed by atoms with E-state index in [1.807, 2.05) is 0 Å². The van der Waals surface area contributed by atoms with Gasteiger partial charge in [0.1, 0.15) is 0 Å². The van der Waals surface area contributed by atoms with Crippen LogP contribution in [0.15, 0.2) is 11.2 Å². The zero-order valence-electron chi connectivity index (χ0n) is 7.03. The van der Waals surface area contributed by atoms with E-state index in [-0.39, 0.29) is 16.1 Å². The molecule has 0 spiro atoms. The molecule has 0 aliphatic carbocycles. The highest BCUT2D eigenvalue weighted by molar-refractivity contribution is 8.13. The summed E-state index contributed by atoms with van der Waals surface area (Å²) < 4.78 is 23.4. The highest BCUT2D eigenvalue weighted by atomic mass is 35.7. The van der Waals surface area contributed by atoms with Crippen LogP contribution in [0.2, 0.25) is 5.02 Å². The van der Waals surface area contributed by atoms with E-state index in [2.05, 4.69) is 5.10 Å². The van der Waals surface area contributed by atoms with Crippen LogP contribution in [0.3, 0.4) is 0 Å². The molecule has 0 atom stereocenters. The zero-order valence-corrected chi connectivity index (χ0v) is 9.36. The molecule has 1 rings (SSSR count). The fourth-order valence-electron chi connectivity index (χ4n) is 0.926. The summed E-state index contributed by atoms with van der Waals surface area (Å²) in [6.07, 6.45) is 1.26.